The van der Waals surface area contributed by atoms with Crippen molar-refractivity contribution in [3.05, 3.63) is 243 Å². The molecule has 0 radical (unpaired) electrons. The Bertz CT molecular complexity index is 3560. The Morgan fingerprint density at radius 1 is 0.274 bits per heavy atom. The molecule has 0 atom stereocenters. The van der Waals surface area contributed by atoms with E-state index < -0.39 is 0 Å². The Labute approximate surface area is 360 Å². The fourth-order valence-corrected chi connectivity index (χ4v) is 9.64. The Morgan fingerprint density at radius 3 is 1.48 bits per heavy atom. The standard InChI is InChI=1S/C60H40N2/c1-2-13-43(14-3-1)53-23-11-16-46-17-12-24-54(60(46)53)47-18-10-19-50(39-47)61(51-38-33-45-28-27-44-15-4-5-20-52(44)57(45)40-51)48-34-29-41(30-35-48)42-31-36-49(37-32-42)62-58-25-8-6-21-55(58)56-22-7-9-26-59(56)62/h1-40H. The SMILES string of the molecule is c1ccc(-c2cccc3cccc(-c4cccc(N(c5ccc(-c6ccc(-n7c8ccccc8c8ccccc87)cc6)cc5)c5ccc6ccc7ccccc7c6c5)c4)c23)cc1. The number of hydrogen-bond donors (Lipinski definition) is 0. The van der Waals surface area contributed by atoms with Gasteiger partial charge >= 0.3 is 0 Å². The lowest BCUT2D eigenvalue weighted by Gasteiger charge is -2.27. The molecule has 1 aromatic heterocycles. The molecule has 0 saturated heterocycles. The van der Waals surface area contributed by atoms with Gasteiger partial charge in [0, 0.05) is 33.5 Å². The number of aromatic nitrogens is 1. The maximum Gasteiger partial charge on any atom is 0.0541 e. The van der Waals surface area contributed by atoms with E-state index >= 15 is 0 Å². The number of hydrogen-bond acceptors (Lipinski definition) is 1. The monoisotopic (exact) mass is 788 g/mol. The van der Waals surface area contributed by atoms with Crippen LogP contribution in [0, 0.1) is 0 Å². The summed E-state index contributed by atoms with van der Waals surface area (Å²) in [4.78, 5) is 2.41. The molecule has 0 N–H and O–H groups in total. The van der Waals surface area contributed by atoms with Crippen LogP contribution >= 0.6 is 0 Å². The second kappa shape index (κ2) is 14.8. The van der Waals surface area contributed by atoms with E-state index in [1.807, 2.05) is 0 Å². The number of fused-ring (bicyclic) bond motifs is 7. The van der Waals surface area contributed by atoms with Gasteiger partial charge in [0.15, 0.2) is 0 Å². The lowest BCUT2D eigenvalue weighted by Crippen LogP contribution is -2.10. The van der Waals surface area contributed by atoms with Crippen molar-refractivity contribution in [1.82, 2.24) is 4.57 Å². The van der Waals surface area contributed by atoms with Crippen molar-refractivity contribution < 1.29 is 0 Å². The predicted octanol–water partition coefficient (Wildman–Crippen LogP) is 16.7. The van der Waals surface area contributed by atoms with Crippen molar-refractivity contribution in [2.45, 2.75) is 0 Å². The summed E-state index contributed by atoms with van der Waals surface area (Å²) in [5.74, 6) is 0. The van der Waals surface area contributed by atoms with Gasteiger partial charge in [0.1, 0.15) is 0 Å². The summed E-state index contributed by atoms with van der Waals surface area (Å²) in [7, 11) is 0. The Balaban J connectivity index is 0.971. The molecule has 1 heterocycles. The van der Waals surface area contributed by atoms with Crippen LogP contribution in [-0.4, -0.2) is 4.57 Å². The first kappa shape index (κ1) is 35.7. The summed E-state index contributed by atoms with van der Waals surface area (Å²) < 4.78 is 2.37. The molecule has 12 rings (SSSR count). The highest BCUT2D eigenvalue weighted by molar-refractivity contribution is 6.11. The van der Waals surface area contributed by atoms with Crippen molar-refractivity contribution >= 4 is 71.2 Å². The summed E-state index contributed by atoms with van der Waals surface area (Å²) >= 11 is 0. The van der Waals surface area contributed by atoms with Crippen LogP contribution < -0.4 is 4.90 Å². The van der Waals surface area contributed by atoms with E-state index in [-0.39, 0.29) is 0 Å². The molecule has 0 saturated carbocycles. The molecule has 0 unspecified atom stereocenters. The Kier molecular flexibility index (Phi) is 8.53. The van der Waals surface area contributed by atoms with Crippen LogP contribution in [0.4, 0.5) is 17.1 Å². The van der Waals surface area contributed by atoms with Gasteiger partial charge in [-0.05, 0) is 126 Å². The van der Waals surface area contributed by atoms with Gasteiger partial charge in [-0.25, -0.2) is 0 Å². The summed E-state index contributed by atoms with van der Waals surface area (Å²) in [6.07, 6.45) is 0. The van der Waals surface area contributed by atoms with Gasteiger partial charge in [-0.1, -0.05) is 182 Å². The zero-order chi connectivity index (χ0) is 41.0. The molecule has 2 nitrogen and oxygen atoms in total. The molecular formula is C60H40N2. The number of benzene rings is 11. The molecule has 0 amide bonds. The molecule has 11 aromatic carbocycles. The maximum absolute atomic E-state index is 2.41. The van der Waals surface area contributed by atoms with E-state index in [9.17, 15) is 0 Å². The molecule has 0 spiro atoms. The van der Waals surface area contributed by atoms with Gasteiger partial charge in [-0.3, -0.25) is 0 Å². The van der Waals surface area contributed by atoms with Gasteiger partial charge in [0.05, 0.1) is 11.0 Å². The van der Waals surface area contributed by atoms with Crippen LogP contribution in [0.5, 0.6) is 0 Å². The summed E-state index contributed by atoms with van der Waals surface area (Å²) in [5.41, 5.74) is 14.1. The second-order valence-electron chi connectivity index (χ2n) is 16.1. The quantitative estimate of drug-likeness (QED) is 0.146. The highest BCUT2D eigenvalue weighted by Gasteiger charge is 2.18. The Hall–Kier alpha value is -8.20. The predicted molar refractivity (Wildman–Crippen MR) is 264 cm³/mol. The van der Waals surface area contributed by atoms with Gasteiger partial charge in [-0.2, -0.15) is 0 Å². The van der Waals surface area contributed by atoms with E-state index in [2.05, 4.69) is 252 Å². The molecular weight excluding hydrogens is 749 g/mol. The minimum Gasteiger partial charge on any atom is -0.310 e. The van der Waals surface area contributed by atoms with Crippen molar-refractivity contribution in [2.24, 2.45) is 0 Å². The van der Waals surface area contributed by atoms with Crippen LogP contribution in [0.3, 0.4) is 0 Å². The molecule has 0 aliphatic heterocycles. The summed E-state index contributed by atoms with van der Waals surface area (Å²) in [6, 6.07) is 88.5. The van der Waals surface area contributed by atoms with Crippen LogP contribution in [0.15, 0.2) is 243 Å². The van der Waals surface area contributed by atoms with Crippen molar-refractivity contribution in [3.63, 3.8) is 0 Å². The first-order valence-corrected chi connectivity index (χ1v) is 21.3. The van der Waals surface area contributed by atoms with E-state index in [1.54, 1.807) is 0 Å². The second-order valence-corrected chi connectivity index (χ2v) is 16.1. The molecule has 0 aliphatic carbocycles. The first-order valence-electron chi connectivity index (χ1n) is 21.3. The fourth-order valence-electron chi connectivity index (χ4n) is 9.64. The summed E-state index contributed by atoms with van der Waals surface area (Å²) in [5, 5.41) is 9.99. The Morgan fingerprint density at radius 2 is 0.774 bits per heavy atom. The molecule has 0 bridgehead atoms. The molecule has 0 aliphatic rings. The largest absolute Gasteiger partial charge is 0.310 e. The summed E-state index contributed by atoms with van der Waals surface area (Å²) in [6.45, 7) is 0. The topological polar surface area (TPSA) is 8.17 Å². The number of anilines is 3. The van der Waals surface area contributed by atoms with Crippen LogP contribution in [0.1, 0.15) is 0 Å². The fraction of sp³-hybridized carbons (Fsp3) is 0. The average molecular weight is 789 g/mol. The van der Waals surface area contributed by atoms with Crippen LogP contribution in [0.25, 0.3) is 93.2 Å². The normalized spacial score (nSPS) is 11.5. The van der Waals surface area contributed by atoms with E-state index in [1.165, 1.54) is 87.5 Å². The van der Waals surface area contributed by atoms with Crippen LogP contribution in [-0.2, 0) is 0 Å². The highest BCUT2D eigenvalue weighted by atomic mass is 15.1. The minimum atomic E-state index is 1.09. The lowest BCUT2D eigenvalue weighted by molar-refractivity contribution is 1.18. The minimum absolute atomic E-state index is 1.09. The zero-order valence-electron chi connectivity index (χ0n) is 34.0. The number of nitrogens with zero attached hydrogens (tertiary/aromatic N) is 2. The van der Waals surface area contributed by atoms with Gasteiger partial charge in [-0.15, -0.1) is 0 Å². The zero-order valence-corrected chi connectivity index (χ0v) is 34.0. The molecule has 290 valence electrons. The maximum atomic E-state index is 2.41. The molecule has 12 aromatic rings. The highest BCUT2D eigenvalue weighted by Crippen LogP contribution is 2.42. The molecule has 62 heavy (non-hydrogen) atoms. The van der Waals surface area contributed by atoms with E-state index in [0.717, 1.165) is 22.7 Å². The van der Waals surface area contributed by atoms with Crippen LogP contribution in [0.2, 0.25) is 0 Å². The lowest BCUT2D eigenvalue weighted by atomic mass is 9.91. The number of para-hydroxylation sites is 2. The van der Waals surface area contributed by atoms with E-state index in [0.29, 0.717) is 0 Å². The van der Waals surface area contributed by atoms with Gasteiger partial charge < -0.3 is 9.47 Å². The third-order valence-corrected chi connectivity index (χ3v) is 12.6. The number of rotatable bonds is 7. The third kappa shape index (κ3) is 6.04. The van der Waals surface area contributed by atoms with Crippen molar-refractivity contribution in [2.75, 3.05) is 4.90 Å². The van der Waals surface area contributed by atoms with Gasteiger partial charge in [0.25, 0.3) is 0 Å². The van der Waals surface area contributed by atoms with E-state index in [4.69, 9.17) is 0 Å². The molecule has 0 fully saturated rings. The van der Waals surface area contributed by atoms with Gasteiger partial charge in [0.2, 0.25) is 0 Å². The average Bonchev–Trinajstić information content (AvgIpc) is 3.69. The first-order chi connectivity index (χ1) is 30.7. The molecule has 2 heteroatoms. The third-order valence-electron chi connectivity index (χ3n) is 12.6. The van der Waals surface area contributed by atoms with Crippen molar-refractivity contribution in [3.8, 4) is 39.1 Å². The van der Waals surface area contributed by atoms with Crippen molar-refractivity contribution in [1.29, 1.82) is 0 Å². The smallest absolute Gasteiger partial charge is 0.0541 e.